The summed E-state index contributed by atoms with van der Waals surface area (Å²) >= 11 is 0. The van der Waals surface area contributed by atoms with Crippen LogP contribution in [-0.2, 0) is 11.3 Å². The number of nitrogens with two attached hydrogens (primary N) is 1. The highest BCUT2D eigenvalue weighted by Crippen LogP contribution is 2.19. The summed E-state index contributed by atoms with van der Waals surface area (Å²) in [5.41, 5.74) is 7.99. The van der Waals surface area contributed by atoms with Gasteiger partial charge in [-0.15, -0.1) is 0 Å². The second-order valence-corrected chi connectivity index (χ2v) is 4.48. The fourth-order valence-electron chi connectivity index (χ4n) is 1.73. The molecule has 112 valence electrons. The molecule has 0 aromatic heterocycles. The molecular weight excluding hydrogens is 254 g/mol. The second kappa shape index (κ2) is 9.20. The first-order valence-corrected chi connectivity index (χ1v) is 6.92. The van der Waals surface area contributed by atoms with Crippen LogP contribution in [0.1, 0.15) is 24.5 Å². The summed E-state index contributed by atoms with van der Waals surface area (Å²) in [6.45, 7) is 6.80. The molecule has 0 saturated heterocycles. The molecule has 3 N–H and O–H groups in total. The molecule has 0 radical (unpaired) electrons. The number of methoxy groups -OCH3 is 1. The van der Waals surface area contributed by atoms with Crippen LogP contribution in [0.25, 0.3) is 0 Å². The number of ether oxygens (including phenoxy) is 2. The Hall–Kier alpha value is -1.75. The van der Waals surface area contributed by atoms with Crippen molar-refractivity contribution in [3.8, 4) is 5.75 Å². The maximum absolute atomic E-state index is 5.80. The van der Waals surface area contributed by atoms with Crippen LogP contribution in [0.2, 0.25) is 0 Å². The molecule has 0 aliphatic carbocycles. The maximum Gasteiger partial charge on any atom is 0.188 e. The van der Waals surface area contributed by atoms with Crippen molar-refractivity contribution in [1.82, 2.24) is 5.32 Å². The summed E-state index contributed by atoms with van der Waals surface area (Å²) in [7, 11) is 1.67. The third-order valence-corrected chi connectivity index (χ3v) is 2.88. The highest BCUT2D eigenvalue weighted by Gasteiger charge is 2.00. The number of hydrogen-bond donors (Lipinski definition) is 2. The average molecular weight is 279 g/mol. The van der Waals surface area contributed by atoms with E-state index in [4.69, 9.17) is 15.2 Å². The molecule has 20 heavy (non-hydrogen) atoms. The lowest BCUT2D eigenvalue weighted by atomic mass is 10.1. The molecule has 5 heteroatoms. The van der Waals surface area contributed by atoms with Crippen LogP contribution in [0.3, 0.4) is 0 Å². The summed E-state index contributed by atoms with van der Waals surface area (Å²) in [6.07, 6.45) is 0.919. The monoisotopic (exact) mass is 279 g/mol. The zero-order chi connectivity index (χ0) is 14.8. The van der Waals surface area contributed by atoms with Gasteiger partial charge < -0.3 is 20.5 Å². The highest BCUT2D eigenvalue weighted by atomic mass is 16.5. The van der Waals surface area contributed by atoms with E-state index in [2.05, 4.69) is 10.3 Å². The second-order valence-electron chi connectivity index (χ2n) is 4.48. The van der Waals surface area contributed by atoms with E-state index < -0.39 is 0 Å². The van der Waals surface area contributed by atoms with Crippen molar-refractivity contribution in [1.29, 1.82) is 0 Å². The fraction of sp³-hybridized carbons (Fsp3) is 0.533. The first-order valence-electron chi connectivity index (χ1n) is 6.92. The van der Waals surface area contributed by atoms with Crippen molar-refractivity contribution in [3.05, 3.63) is 29.3 Å². The lowest BCUT2D eigenvalue weighted by Crippen LogP contribution is -2.32. The molecule has 0 bridgehead atoms. The van der Waals surface area contributed by atoms with Crippen LogP contribution in [0, 0.1) is 6.92 Å². The van der Waals surface area contributed by atoms with Crippen molar-refractivity contribution in [2.45, 2.75) is 26.8 Å². The van der Waals surface area contributed by atoms with Gasteiger partial charge in [-0.1, -0.05) is 12.1 Å². The molecule has 1 rings (SSSR count). The van der Waals surface area contributed by atoms with E-state index in [1.807, 2.05) is 32.0 Å². The van der Waals surface area contributed by atoms with Crippen LogP contribution < -0.4 is 15.8 Å². The van der Waals surface area contributed by atoms with Gasteiger partial charge in [-0.2, -0.15) is 0 Å². The number of hydrogen-bond acceptors (Lipinski definition) is 3. The molecule has 0 aliphatic heterocycles. The number of guanidine groups is 1. The van der Waals surface area contributed by atoms with Crippen LogP contribution >= 0.6 is 0 Å². The van der Waals surface area contributed by atoms with Gasteiger partial charge >= 0.3 is 0 Å². The summed E-state index contributed by atoms with van der Waals surface area (Å²) in [5, 5.41) is 3.07. The minimum Gasteiger partial charge on any atom is -0.496 e. The van der Waals surface area contributed by atoms with Gasteiger partial charge in [0.25, 0.3) is 0 Å². The predicted octanol–water partition coefficient (Wildman–Crippen LogP) is 1.83. The van der Waals surface area contributed by atoms with Gasteiger partial charge in [-0.25, -0.2) is 4.99 Å². The first kappa shape index (κ1) is 16.3. The largest absolute Gasteiger partial charge is 0.496 e. The van der Waals surface area contributed by atoms with Gasteiger partial charge in [0.05, 0.1) is 13.7 Å². The summed E-state index contributed by atoms with van der Waals surface area (Å²) in [5.74, 6) is 1.34. The molecule has 0 unspecified atom stereocenters. The van der Waals surface area contributed by atoms with Gasteiger partial charge in [-0.3, -0.25) is 0 Å². The maximum atomic E-state index is 5.80. The number of aryl methyl sites for hydroxylation is 1. The van der Waals surface area contributed by atoms with Gasteiger partial charge in [-0.05, 0) is 37.5 Å². The van der Waals surface area contributed by atoms with Crippen molar-refractivity contribution in [3.63, 3.8) is 0 Å². The van der Waals surface area contributed by atoms with Gasteiger partial charge in [0.1, 0.15) is 5.75 Å². The van der Waals surface area contributed by atoms with Crippen molar-refractivity contribution in [2.75, 3.05) is 26.9 Å². The number of nitrogens with zero attached hydrogens (tertiary/aromatic N) is 1. The molecule has 0 spiro atoms. The Bertz CT molecular complexity index is 433. The lowest BCUT2D eigenvalue weighted by Gasteiger charge is -2.08. The molecular formula is C15H25N3O2. The Morgan fingerprint density at radius 3 is 2.90 bits per heavy atom. The molecule has 0 saturated carbocycles. The van der Waals surface area contributed by atoms with Crippen LogP contribution in [-0.4, -0.2) is 32.8 Å². The van der Waals surface area contributed by atoms with E-state index in [1.165, 1.54) is 0 Å². The molecule has 0 heterocycles. The molecule has 0 aliphatic rings. The SMILES string of the molecule is CCOCCCNC(N)=NCc1ccc(C)c(OC)c1. The molecule has 0 fully saturated rings. The molecule has 0 amide bonds. The minimum atomic E-state index is 0.459. The number of aliphatic imine (C=N–C) groups is 1. The van der Waals surface area contributed by atoms with E-state index >= 15 is 0 Å². The van der Waals surface area contributed by atoms with E-state index in [1.54, 1.807) is 7.11 Å². The van der Waals surface area contributed by atoms with Crippen molar-refractivity contribution >= 4 is 5.96 Å². The van der Waals surface area contributed by atoms with Crippen LogP contribution in [0.15, 0.2) is 23.2 Å². The fourth-order valence-corrected chi connectivity index (χ4v) is 1.73. The summed E-state index contributed by atoms with van der Waals surface area (Å²) in [4.78, 5) is 4.30. The van der Waals surface area contributed by atoms with Gasteiger partial charge in [0, 0.05) is 19.8 Å². The molecule has 1 aromatic carbocycles. The van der Waals surface area contributed by atoms with Crippen molar-refractivity contribution < 1.29 is 9.47 Å². The lowest BCUT2D eigenvalue weighted by molar-refractivity contribution is 0.145. The van der Waals surface area contributed by atoms with Crippen LogP contribution in [0.5, 0.6) is 5.75 Å². The van der Waals surface area contributed by atoms with Crippen LogP contribution in [0.4, 0.5) is 0 Å². The zero-order valence-electron chi connectivity index (χ0n) is 12.6. The third-order valence-electron chi connectivity index (χ3n) is 2.88. The highest BCUT2D eigenvalue weighted by molar-refractivity contribution is 5.77. The Morgan fingerprint density at radius 1 is 1.40 bits per heavy atom. The smallest absolute Gasteiger partial charge is 0.188 e. The third kappa shape index (κ3) is 5.93. The van der Waals surface area contributed by atoms with E-state index in [0.29, 0.717) is 12.5 Å². The minimum absolute atomic E-state index is 0.459. The van der Waals surface area contributed by atoms with E-state index in [-0.39, 0.29) is 0 Å². The van der Waals surface area contributed by atoms with E-state index in [0.717, 1.165) is 43.1 Å². The van der Waals surface area contributed by atoms with Gasteiger partial charge in [0.15, 0.2) is 5.96 Å². The summed E-state index contributed by atoms with van der Waals surface area (Å²) in [6, 6.07) is 6.04. The molecule has 1 aromatic rings. The predicted molar refractivity (Wildman–Crippen MR) is 82.2 cm³/mol. The topological polar surface area (TPSA) is 68.9 Å². The summed E-state index contributed by atoms with van der Waals surface area (Å²) < 4.78 is 10.5. The molecule has 0 atom stereocenters. The number of rotatable bonds is 8. The molecule has 5 nitrogen and oxygen atoms in total. The van der Waals surface area contributed by atoms with E-state index in [9.17, 15) is 0 Å². The first-order chi connectivity index (χ1) is 9.67. The Balaban J connectivity index is 2.38. The quantitative estimate of drug-likeness (QED) is 0.433. The normalized spacial score (nSPS) is 11.4. The Labute approximate surface area is 121 Å². The standard InChI is InChI=1S/C15H25N3O2/c1-4-20-9-5-8-17-15(16)18-11-13-7-6-12(2)14(10-13)19-3/h6-7,10H,4-5,8-9,11H2,1-3H3,(H3,16,17,18). The van der Waals surface area contributed by atoms with Gasteiger partial charge in [0.2, 0.25) is 0 Å². The Morgan fingerprint density at radius 2 is 2.20 bits per heavy atom. The number of benzene rings is 1. The number of nitrogens with one attached hydrogen (secondary N) is 1. The average Bonchev–Trinajstić information content (AvgIpc) is 2.46. The Kier molecular flexibility index (Phi) is 7.50. The zero-order valence-corrected chi connectivity index (χ0v) is 12.6. The van der Waals surface area contributed by atoms with Crippen molar-refractivity contribution in [2.24, 2.45) is 10.7 Å².